The van der Waals surface area contributed by atoms with E-state index in [2.05, 4.69) is 43.4 Å². The summed E-state index contributed by atoms with van der Waals surface area (Å²) in [5, 5.41) is 3.33. The van der Waals surface area contributed by atoms with Crippen LogP contribution in [-0.2, 0) is 4.74 Å². The van der Waals surface area contributed by atoms with Crippen LogP contribution in [0, 0.1) is 0 Å². The van der Waals surface area contributed by atoms with Gasteiger partial charge in [-0.3, -0.25) is 0 Å². The topological polar surface area (TPSA) is 21.3 Å². The number of hydrogen-bond acceptors (Lipinski definition) is 2. The van der Waals surface area contributed by atoms with Gasteiger partial charge in [0, 0.05) is 6.61 Å². The van der Waals surface area contributed by atoms with Crippen molar-refractivity contribution in [1.82, 2.24) is 5.32 Å². The molecule has 0 spiro atoms. The molecule has 1 atom stereocenters. The van der Waals surface area contributed by atoms with Crippen molar-refractivity contribution in [2.75, 3.05) is 19.7 Å². The lowest BCUT2D eigenvalue weighted by Crippen LogP contribution is -2.13. The van der Waals surface area contributed by atoms with E-state index in [1.54, 1.807) is 0 Å². The van der Waals surface area contributed by atoms with Crippen LogP contribution in [0.15, 0.2) is 30.3 Å². The van der Waals surface area contributed by atoms with Gasteiger partial charge >= 0.3 is 0 Å². The molecule has 1 unspecified atom stereocenters. The molecule has 17 heavy (non-hydrogen) atoms. The van der Waals surface area contributed by atoms with Crippen LogP contribution in [0.3, 0.4) is 0 Å². The first kappa shape index (κ1) is 14.2. The van der Waals surface area contributed by atoms with Crippen LogP contribution in [0.4, 0.5) is 0 Å². The van der Waals surface area contributed by atoms with Crippen molar-refractivity contribution in [1.29, 1.82) is 0 Å². The maximum Gasteiger partial charge on any atom is 0.0796 e. The van der Waals surface area contributed by atoms with Crippen LogP contribution in [0.2, 0.25) is 0 Å². The van der Waals surface area contributed by atoms with Crippen LogP contribution in [0.1, 0.15) is 44.8 Å². The molecule has 0 aliphatic heterocycles. The Labute approximate surface area is 105 Å². The molecule has 2 heteroatoms. The van der Waals surface area contributed by atoms with Gasteiger partial charge < -0.3 is 10.1 Å². The molecule has 0 bridgehead atoms. The molecule has 2 nitrogen and oxygen atoms in total. The third-order valence-corrected chi connectivity index (χ3v) is 2.88. The molecule has 1 N–H and O–H groups in total. The van der Waals surface area contributed by atoms with Gasteiger partial charge in [-0.1, -0.05) is 37.3 Å². The molecule has 0 fully saturated rings. The predicted octanol–water partition coefficient (Wildman–Crippen LogP) is 3.54. The summed E-state index contributed by atoms with van der Waals surface area (Å²) < 4.78 is 5.81. The van der Waals surface area contributed by atoms with E-state index in [1.807, 2.05) is 6.07 Å². The smallest absolute Gasteiger partial charge is 0.0796 e. The van der Waals surface area contributed by atoms with Gasteiger partial charge in [-0.2, -0.15) is 0 Å². The summed E-state index contributed by atoms with van der Waals surface area (Å²) in [7, 11) is 0. The molecule has 1 aromatic carbocycles. The highest BCUT2D eigenvalue weighted by atomic mass is 16.5. The summed E-state index contributed by atoms with van der Waals surface area (Å²) in [6.45, 7) is 7.33. The predicted molar refractivity (Wildman–Crippen MR) is 73.2 cm³/mol. The zero-order valence-corrected chi connectivity index (χ0v) is 11.1. The second kappa shape index (κ2) is 9.20. The van der Waals surface area contributed by atoms with Crippen molar-refractivity contribution in [3.05, 3.63) is 35.9 Å². The number of nitrogens with one attached hydrogen (secondary N) is 1. The van der Waals surface area contributed by atoms with Crippen molar-refractivity contribution < 1.29 is 4.74 Å². The van der Waals surface area contributed by atoms with Crippen molar-refractivity contribution in [2.45, 2.75) is 39.2 Å². The Morgan fingerprint density at radius 1 is 1.12 bits per heavy atom. The Morgan fingerprint density at radius 3 is 2.59 bits per heavy atom. The summed E-state index contributed by atoms with van der Waals surface area (Å²) in [5.74, 6) is 0. The first-order valence-corrected chi connectivity index (χ1v) is 6.72. The van der Waals surface area contributed by atoms with Gasteiger partial charge in [0.05, 0.1) is 6.10 Å². The van der Waals surface area contributed by atoms with Crippen molar-refractivity contribution in [3.8, 4) is 0 Å². The zero-order valence-electron chi connectivity index (χ0n) is 11.1. The summed E-state index contributed by atoms with van der Waals surface area (Å²) in [4.78, 5) is 0. The third-order valence-electron chi connectivity index (χ3n) is 2.88. The van der Waals surface area contributed by atoms with Crippen LogP contribution >= 0.6 is 0 Å². The standard InChI is InChI=1S/C15H25NO/c1-3-16-12-8-5-9-13-17-14(2)15-10-6-4-7-11-15/h4,6-7,10-11,14,16H,3,5,8-9,12-13H2,1-2H3. The molecule has 0 radical (unpaired) electrons. The lowest BCUT2D eigenvalue weighted by molar-refractivity contribution is 0.0628. The van der Waals surface area contributed by atoms with E-state index < -0.39 is 0 Å². The minimum Gasteiger partial charge on any atom is -0.374 e. The number of unbranched alkanes of at least 4 members (excludes halogenated alkanes) is 2. The lowest BCUT2D eigenvalue weighted by Gasteiger charge is -2.13. The quantitative estimate of drug-likeness (QED) is 0.661. The molecule has 1 rings (SSSR count). The normalized spacial score (nSPS) is 12.6. The second-order valence-electron chi connectivity index (χ2n) is 4.34. The highest BCUT2D eigenvalue weighted by Crippen LogP contribution is 2.16. The Balaban J connectivity index is 2.03. The van der Waals surface area contributed by atoms with Crippen LogP contribution in [0.5, 0.6) is 0 Å². The molecule has 0 aliphatic carbocycles. The monoisotopic (exact) mass is 235 g/mol. The fourth-order valence-electron chi connectivity index (χ4n) is 1.79. The van der Waals surface area contributed by atoms with Gasteiger partial charge in [0.1, 0.15) is 0 Å². The molecule has 1 aromatic rings. The number of hydrogen-bond donors (Lipinski definition) is 1. The van der Waals surface area contributed by atoms with Crippen molar-refractivity contribution in [3.63, 3.8) is 0 Å². The maximum absolute atomic E-state index is 5.81. The summed E-state index contributed by atoms with van der Waals surface area (Å²) in [6, 6.07) is 10.4. The van der Waals surface area contributed by atoms with Gasteiger partial charge in [0.25, 0.3) is 0 Å². The summed E-state index contributed by atoms with van der Waals surface area (Å²) in [6.07, 6.45) is 3.86. The highest BCUT2D eigenvalue weighted by molar-refractivity contribution is 5.16. The van der Waals surface area contributed by atoms with Crippen LogP contribution in [0.25, 0.3) is 0 Å². The lowest BCUT2D eigenvalue weighted by atomic mass is 10.1. The molecule has 0 heterocycles. The molecular weight excluding hydrogens is 210 g/mol. The van der Waals surface area contributed by atoms with E-state index in [-0.39, 0.29) is 6.10 Å². The summed E-state index contributed by atoms with van der Waals surface area (Å²) >= 11 is 0. The minimum absolute atomic E-state index is 0.213. The maximum atomic E-state index is 5.81. The molecule has 0 saturated carbocycles. The number of rotatable bonds is 9. The molecule has 0 aliphatic rings. The third kappa shape index (κ3) is 6.44. The minimum atomic E-state index is 0.213. The molecule has 0 amide bonds. The van der Waals surface area contributed by atoms with E-state index in [4.69, 9.17) is 4.74 Å². The zero-order chi connectivity index (χ0) is 12.3. The second-order valence-corrected chi connectivity index (χ2v) is 4.34. The average molecular weight is 235 g/mol. The van der Waals surface area contributed by atoms with Crippen LogP contribution in [-0.4, -0.2) is 19.7 Å². The number of benzene rings is 1. The van der Waals surface area contributed by atoms with Gasteiger partial charge in [-0.25, -0.2) is 0 Å². The van der Waals surface area contributed by atoms with Gasteiger partial charge in [0.2, 0.25) is 0 Å². The highest BCUT2D eigenvalue weighted by Gasteiger charge is 2.03. The van der Waals surface area contributed by atoms with E-state index in [0.29, 0.717) is 0 Å². The Bertz CT molecular complexity index is 274. The van der Waals surface area contributed by atoms with E-state index in [1.165, 1.54) is 18.4 Å². The molecule has 96 valence electrons. The van der Waals surface area contributed by atoms with Gasteiger partial charge in [0.15, 0.2) is 0 Å². The van der Waals surface area contributed by atoms with Gasteiger partial charge in [-0.05, 0) is 44.8 Å². The largest absolute Gasteiger partial charge is 0.374 e. The Hall–Kier alpha value is -0.860. The van der Waals surface area contributed by atoms with E-state index >= 15 is 0 Å². The van der Waals surface area contributed by atoms with Crippen molar-refractivity contribution >= 4 is 0 Å². The molecular formula is C15H25NO. The fourth-order valence-corrected chi connectivity index (χ4v) is 1.79. The van der Waals surface area contributed by atoms with Crippen molar-refractivity contribution in [2.24, 2.45) is 0 Å². The van der Waals surface area contributed by atoms with E-state index in [0.717, 1.165) is 26.1 Å². The SMILES string of the molecule is CCNCCCCCOC(C)c1ccccc1. The van der Waals surface area contributed by atoms with Crippen LogP contribution < -0.4 is 5.32 Å². The summed E-state index contributed by atoms with van der Waals surface area (Å²) in [5.41, 5.74) is 1.26. The van der Waals surface area contributed by atoms with E-state index in [9.17, 15) is 0 Å². The molecule has 0 aromatic heterocycles. The first-order chi connectivity index (χ1) is 8.34. The number of ether oxygens (including phenoxy) is 1. The average Bonchev–Trinajstić information content (AvgIpc) is 2.38. The van der Waals surface area contributed by atoms with Gasteiger partial charge in [-0.15, -0.1) is 0 Å². The molecule has 0 saturated heterocycles. The first-order valence-electron chi connectivity index (χ1n) is 6.72. The Kier molecular flexibility index (Phi) is 7.69. The Morgan fingerprint density at radius 2 is 1.88 bits per heavy atom. The fraction of sp³-hybridized carbons (Fsp3) is 0.600.